The Kier molecular flexibility index (Phi) is 5.26. The highest BCUT2D eigenvalue weighted by Crippen LogP contribution is 2.38. The molecule has 0 atom stereocenters. The van der Waals surface area contributed by atoms with Crippen molar-refractivity contribution in [3.63, 3.8) is 0 Å². The molecular weight excluding hydrogens is 392 g/mol. The summed E-state index contributed by atoms with van der Waals surface area (Å²) >= 11 is 0. The van der Waals surface area contributed by atoms with Gasteiger partial charge in [-0.25, -0.2) is 15.0 Å². The zero-order valence-corrected chi connectivity index (χ0v) is 17.6. The SMILES string of the molecule is COc1cc2ncnc(-c3oc(C)nc3-c3ccccc3)c2cc1NC1CCOCC1. The summed E-state index contributed by atoms with van der Waals surface area (Å²) < 4.78 is 17.2. The third-order valence-electron chi connectivity index (χ3n) is 5.53. The van der Waals surface area contributed by atoms with Crippen molar-refractivity contribution in [3.8, 4) is 28.5 Å². The highest BCUT2D eigenvalue weighted by Gasteiger charge is 2.21. The van der Waals surface area contributed by atoms with Crippen molar-refractivity contribution in [2.75, 3.05) is 25.6 Å². The predicted octanol–water partition coefficient (Wildman–Crippen LogP) is 4.86. The van der Waals surface area contributed by atoms with Crippen molar-refractivity contribution in [1.82, 2.24) is 15.0 Å². The van der Waals surface area contributed by atoms with E-state index >= 15 is 0 Å². The summed E-state index contributed by atoms with van der Waals surface area (Å²) in [6.45, 7) is 3.37. The number of nitrogens with one attached hydrogen (secondary N) is 1. The van der Waals surface area contributed by atoms with E-state index in [1.54, 1.807) is 13.4 Å². The minimum Gasteiger partial charge on any atom is -0.495 e. The minimum atomic E-state index is 0.334. The molecule has 158 valence electrons. The van der Waals surface area contributed by atoms with E-state index in [1.807, 2.05) is 49.4 Å². The first-order chi connectivity index (χ1) is 15.2. The van der Waals surface area contributed by atoms with Crippen LogP contribution in [-0.4, -0.2) is 41.3 Å². The number of benzene rings is 2. The van der Waals surface area contributed by atoms with E-state index in [2.05, 4.69) is 20.3 Å². The maximum Gasteiger partial charge on any atom is 0.192 e. The lowest BCUT2D eigenvalue weighted by Crippen LogP contribution is -2.28. The minimum absolute atomic E-state index is 0.334. The normalized spacial score (nSPS) is 14.6. The molecule has 0 aliphatic carbocycles. The summed E-state index contributed by atoms with van der Waals surface area (Å²) in [6, 6.07) is 14.3. The maximum atomic E-state index is 6.04. The number of rotatable bonds is 5. The van der Waals surface area contributed by atoms with Gasteiger partial charge in [-0.2, -0.15) is 0 Å². The van der Waals surface area contributed by atoms with Gasteiger partial charge in [-0.3, -0.25) is 0 Å². The van der Waals surface area contributed by atoms with Crippen molar-refractivity contribution < 1.29 is 13.9 Å². The second-order valence-electron chi connectivity index (χ2n) is 7.60. The summed E-state index contributed by atoms with van der Waals surface area (Å²) in [5.74, 6) is 1.98. The van der Waals surface area contributed by atoms with Crippen LogP contribution in [0, 0.1) is 6.92 Å². The van der Waals surface area contributed by atoms with Gasteiger partial charge in [-0.1, -0.05) is 30.3 Å². The van der Waals surface area contributed by atoms with Crippen molar-refractivity contribution in [2.24, 2.45) is 0 Å². The van der Waals surface area contributed by atoms with E-state index in [1.165, 1.54) is 0 Å². The van der Waals surface area contributed by atoms with Gasteiger partial charge >= 0.3 is 0 Å². The fraction of sp³-hybridized carbons (Fsp3) is 0.292. The fourth-order valence-electron chi connectivity index (χ4n) is 3.99. The van der Waals surface area contributed by atoms with Crippen LogP contribution in [0.5, 0.6) is 5.75 Å². The molecule has 1 aliphatic heterocycles. The molecule has 1 saturated heterocycles. The van der Waals surface area contributed by atoms with Crippen LogP contribution in [0.25, 0.3) is 33.6 Å². The molecular formula is C24H24N4O3. The summed E-state index contributed by atoms with van der Waals surface area (Å²) in [5.41, 5.74) is 4.16. The Labute approximate surface area is 180 Å². The Hall–Kier alpha value is -3.45. The second-order valence-corrected chi connectivity index (χ2v) is 7.60. The molecule has 0 radical (unpaired) electrons. The zero-order chi connectivity index (χ0) is 21.2. The second kappa shape index (κ2) is 8.35. The van der Waals surface area contributed by atoms with Crippen molar-refractivity contribution >= 4 is 16.6 Å². The molecule has 0 bridgehead atoms. The van der Waals surface area contributed by atoms with E-state index in [0.717, 1.165) is 59.7 Å². The first kappa shape index (κ1) is 19.5. The Bertz CT molecular complexity index is 1200. The quantitative estimate of drug-likeness (QED) is 0.497. The van der Waals surface area contributed by atoms with Gasteiger partial charge < -0.3 is 19.2 Å². The maximum absolute atomic E-state index is 6.04. The Morgan fingerprint density at radius 2 is 1.84 bits per heavy atom. The van der Waals surface area contributed by atoms with Crippen LogP contribution in [0.3, 0.4) is 0 Å². The van der Waals surface area contributed by atoms with Crippen LogP contribution in [0.1, 0.15) is 18.7 Å². The molecule has 0 amide bonds. The van der Waals surface area contributed by atoms with Crippen LogP contribution in [0.15, 0.2) is 53.2 Å². The standard InChI is InChI=1S/C24H24N4O3/c1-15-27-22(16-6-4-3-5-7-16)24(31-15)23-18-12-20(28-17-8-10-30-11-9-17)21(29-2)13-19(18)25-14-26-23/h3-7,12-14,17,28H,8-11H2,1-2H3. The highest BCUT2D eigenvalue weighted by molar-refractivity contribution is 5.97. The number of aromatic nitrogens is 3. The van der Waals surface area contributed by atoms with Crippen LogP contribution in [0.2, 0.25) is 0 Å². The van der Waals surface area contributed by atoms with Crippen molar-refractivity contribution in [2.45, 2.75) is 25.8 Å². The van der Waals surface area contributed by atoms with Gasteiger partial charge in [0.1, 0.15) is 23.5 Å². The van der Waals surface area contributed by atoms with Gasteiger partial charge in [0.05, 0.1) is 18.3 Å². The largest absolute Gasteiger partial charge is 0.495 e. The Balaban J connectivity index is 1.64. The number of methoxy groups -OCH3 is 1. The molecule has 1 N–H and O–H groups in total. The van der Waals surface area contributed by atoms with E-state index in [-0.39, 0.29) is 0 Å². The molecule has 1 fully saturated rings. The van der Waals surface area contributed by atoms with E-state index < -0.39 is 0 Å². The number of hydrogen-bond acceptors (Lipinski definition) is 7. The third kappa shape index (κ3) is 3.84. The number of nitrogens with zero attached hydrogens (tertiary/aromatic N) is 3. The number of fused-ring (bicyclic) bond motifs is 1. The number of anilines is 1. The predicted molar refractivity (Wildman–Crippen MR) is 119 cm³/mol. The molecule has 2 aromatic heterocycles. The van der Waals surface area contributed by atoms with Crippen molar-refractivity contribution in [1.29, 1.82) is 0 Å². The lowest BCUT2D eigenvalue weighted by atomic mass is 10.0. The molecule has 1 aliphatic rings. The Morgan fingerprint density at radius 3 is 2.61 bits per heavy atom. The van der Waals surface area contributed by atoms with Gasteiger partial charge in [-0.15, -0.1) is 0 Å². The average molecular weight is 416 g/mol. The lowest BCUT2D eigenvalue weighted by molar-refractivity contribution is 0.0904. The van der Waals surface area contributed by atoms with E-state index in [0.29, 0.717) is 23.4 Å². The summed E-state index contributed by atoms with van der Waals surface area (Å²) in [6.07, 6.45) is 3.47. The van der Waals surface area contributed by atoms with Gasteiger partial charge in [0.2, 0.25) is 0 Å². The van der Waals surface area contributed by atoms with Crippen LogP contribution in [-0.2, 0) is 4.74 Å². The number of hydrogen-bond donors (Lipinski definition) is 1. The fourth-order valence-corrected chi connectivity index (χ4v) is 3.99. The monoisotopic (exact) mass is 416 g/mol. The highest BCUT2D eigenvalue weighted by atomic mass is 16.5. The summed E-state index contributed by atoms with van der Waals surface area (Å²) in [5, 5.41) is 4.50. The molecule has 7 nitrogen and oxygen atoms in total. The molecule has 2 aromatic carbocycles. The number of aryl methyl sites for hydroxylation is 1. The van der Waals surface area contributed by atoms with Crippen LogP contribution in [0.4, 0.5) is 5.69 Å². The first-order valence-corrected chi connectivity index (χ1v) is 10.4. The molecule has 0 spiro atoms. The van der Waals surface area contributed by atoms with Gasteiger partial charge in [-0.05, 0) is 18.9 Å². The summed E-state index contributed by atoms with van der Waals surface area (Å²) in [7, 11) is 1.67. The molecule has 4 aromatic rings. The Morgan fingerprint density at radius 1 is 1.03 bits per heavy atom. The van der Waals surface area contributed by atoms with Gasteiger partial charge in [0.25, 0.3) is 0 Å². The van der Waals surface area contributed by atoms with Crippen LogP contribution < -0.4 is 10.1 Å². The topological polar surface area (TPSA) is 82.3 Å². The average Bonchev–Trinajstić information content (AvgIpc) is 3.21. The summed E-state index contributed by atoms with van der Waals surface area (Å²) in [4.78, 5) is 13.7. The smallest absolute Gasteiger partial charge is 0.192 e. The molecule has 31 heavy (non-hydrogen) atoms. The number of oxazole rings is 1. The molecule has 5 rings (SSSR count). The molecule has 7 heteroatoms. The van der Waals surface area contributed by atoms with Gasteiger partial charge in [0.15, 0.2) is 11.7 Å². The molecule has 0 unspecified atom stereocenters. The molecule has 3 heterocycles. The third-order valence-corrected chi connectivity index (χ3v) is 5.53. The van der Waals surface area contributed by atoms with E-state index in [9.17, 15) is 0 Å². The van der Waals surface area contributed by atoms with E-state index in [4.69, 9.17) is 13.9 Å². The molecule has 0 saturated carbocycles. The van der Waals surface area contributed by atoms with Crippen LogP contribution >= 0.6 is 0 Å². The zero-order valence-electron chi connectivity index (χ0n) is 17.6. The van der Waals surface area contributed by atoms with Crippen molar-refractivity contribution in [3.05, 3.63) is 54.7 Å². The van der Waals surface area contributed by atoms with Gasteiger partial charge in [0, 0.05) is 43.2 Å². The number of ether oxygens (including phenoxy) is 2. The lowest BCUT2D eigenvalue weighted by Gasteiger charge is -2.25. The first-order valence-electron chi connectivity index (χ1n) is 10.4.